The summed E-state index contributed by atoms with van der Waals surface area (Å²) in [7, 11) is 0. The summed E-state index contributed by atoms with van der Waals surface area (Å²) < 4.78 is 64.6. The average Bonchev–Trinajstić information content (AvgIpc) is 2.69. The number of alkyl halides is 3. The first-order chi connectivity index (χ1) is 14.1. The van der Waals surface area contributed by atoms with Crippen LogP contribution in [0.5, 0.6) is 5.88 Å². The predicted molar refractivity (Wildman–Crippen MR) is 96.3 cm³/mol. The molecule has 0 atom stereocenters. The van der Waals surface area contributed by atoms with Crippen molar-refractivity contribution in [1.82, 2.24) is 15.3 Å². The van der Waals surface area contributed by atoms with Crippen molar-refractivity contribution >= 4 is 17.6 Å². The van der Waals surface area contributed by atoms with E-state index >= 15 is 0 Å². The highest BCUT2D eigenvalue weighted by atomic mass is 35.5. The highest BCUT2D eigenvalue weighted by molar-refractivity contribution is 6.30. The second-order valence-corrected chi connectivity index (χ2v) is 6.67. The number of hydrogen-bond donors (Lipinski definition) is 2. The van der Waals surface area contributed by atoms with Crippen LogP contribution in [-0.4, -0.2) is 40.3 Å². The van der Waals surface area contributed by atoms with Gasteiger partial charge in [-0.25, -0.2) is 14.2 Å². The number of benzene rings is 1. The van der Waals surface area contributed by atoms with Crippen molar-refractivity contribution in [2.24, 2.45) is 0 Å². The zero-order chi connectivity index (χ0) is 22.3. The molecule has 1 aliphatic heterocycles. The van der Waals surface area contributed by atoms with Crippen LogP contribution in [0.4, 0.5) is 22.0 Å². The SMILES string of the molecule is Fc1cc(Cl)ccc1COc1nc(C2CCNCC2)ncc1F.O=C(O)C(F)(F)F. The van der Waals surface area contributed by atoms with E-state index in [4.69, 9.17) is 26.2 Å². The van der Waals surface area contributed by atoms with E-state index in [-0.39, 0.29) is 24.0 Å². The lowest BCUT2D eigenvalue weighted by molar-refractivity contribution is -0.192. The van der Waals surface area contributed by atoms with Crippen LogP contribution < -0.4 is 10.1 Å². The Morgan fingerprint density at radius 2 is 1.87 bits per heavy atom. The van der Waals surface area contributed by atoms with E-state index in [0.717, 1.165) is 32.1 Å². The van der Waals surface area contributed by atoms with E-state index in [9.17, 15) is 22.0 Å². The summed E-state index contributed by atoms with van der Waals surface area (Å²) in [6, 6.07) is 4.25. The first-order valence-corrected chi connectivity index (χ1v) is 9.05. The summed E-state index contributed by atoms with van der Waals surface area (Å²) in [6.45, 7) is 1.65. The Bertz CT molecular complexity index is 877. The number of hydrogen-bond acceptors (Lipinski definition) is 5. The number of nitrogens with one attached hydrogen (secondary N) is 1. The molecule has 2 heterocycles. The van der Waals surface area contributed by atoms with Crippen LogP contribution in [0.2, 0.25) is 5.02 Å². The number of ether oxygens (including phenoxy) is 1. The largest absolute Gasteiger partial charge is 0.490 e. The van der Waals surface area contributed by atoms with E-state index in [1.165, 1.54) is 12.1 Å². The molecule has 0 radical (unpaired) electrons. The molecule has 0 amide bonds. The summed E-state index contributed by atoms with van der Waals surface area (Å²) >= 11 is 5.70. The Labute approximate surface area is 173 Å². The third-order valence-electron chi connectivity index (χ3n) is 4.06. The molecular formula is C18H17ClF5N3O3. The third-order valence-corrected chi connectivity index (χ3v) is 4.29. The number of aliphatic carboxylic acids is 1. The van der Waals surface area contributed by atoms with Crippen molar-refractivity contribution in [2.45, 2.75) is 31.5 Å². The molecule has 2 aromatic rings. The summed E-state index contributed by atoms with van der Waals surface area (Å²) in [5.74, 6) is -3.30. The molecule has 12 heteroatoms. The molecule has 0 spiro atoms. The minimum Gasteiger partial charge on any atom is -0.475 e. The molecule has 1 aliphatic rings. The van der Waals surface area contributed by atoms with Crippen molar-refractivity contribution in [3.05, 3.63) is 52.4 Å². The average molecular weight is 454 g/mol. The highest BCUT2D eigenvalue weighted by Crippen LogP contribution is 2.25. The number of carboxylic acid groups (broad SMARTS) is 1. The van der Waals surface area contributed by atoms with Crippen LogP contribution in [0.3, 0.4) is 0 Å². The lowest BCUT2D eigenvalue weighted by atomic mass is 9.97. The van der Waals surface area contributed by atoms with Gasteiger partial charge in [0.05, 0.1) is 6.20 Å². The van der Waals surface area contributed by atoms with Gasteiger partial charge in [-0.05, 0) is 38.1 Å². The number of aromatic nitrogens is 2. The van der Waals surface area contributed by atoms with Gasteiger partial charge >= 0.3 is 12.1 Å². The van der Waals surface area contributed by atoms with E-state index in [1.54, 1.807) is 6.07 Å². The van der Waals surface area contributed by atoms with Gasteiger partial charge in [0.2, 0.25) is 5.82 Å². The van der Waals surface area contributed by atoms with Gasteiger partial charge < -0.3 is 15.2 Å². The van der Waals surface area contributed by atoms with Crippen molar-refractivity contribution in [3.63, 3.8) is 0 Å². The maximum absolute atomic E-state index is 13.8. The number of carbonyl (C=O) groups is 1. The Kier molecular flexibility index (Phi) is 8.30. The van der Waals surface area contributed by atoms with Gasteiger partial charge in [0, 0.05) is 16.5 Å². The molecule has 0 saturated carbocycles. The summed E-state index contributed by atoms with van der Waals surface area (Å²) in [5.41, 5.74) is 0.288. The fraction of sp³-hybridized carbons (Fsp3) is 0.389. The first kappa shape index (κ1) is 23.7. The number of halogens is 6. The van der Waals surface area contributed by atoms with E-state index < -0.39 is 23.8 Å². The predicted octanol–water partition coefficient (Wildman–Crippen LogP) is 4.09. The molecule has 1 fully saturated rings. The van der Waals surface area contributed by atoms with Gasteiger partial charge in [0.15, 0.2) is 0 Å². The molecule has 0 aliphatic carbocycles. The van der Waals surface area contributed by atoms with Gasteiger partial charge in [-0.2, -0.15) is 22.5 Å². The van der Waals surface area contributed by atoms with Crippen molar-refractivity contribution in [3.8, 4) is 5.88 Å². The minimum absolute atomic E-state index is 0.122. The van der Waals surface area contributed by atoms with Crippen LogP contribution in [0.15, 0.2) is 24.4 Å². The van der Waals surface area contributed by atoms with E-state index in [2.05, 4.69) is 15.3 Å². The number of nitrogens with zero attached hydrogens (tertiary/aromatic N) is 2. The minimum atomic E-state index is -5.08. The summed E-state index contributed by atoms with van der Waals surface area (Å²) in [5, 5.41) is 10.7. The molecule has 3 rings (SSSR count). The van der Waals surface area contributed by atoms with E-state index in [1.807, 2.05) is 0 Å². The first-order valence-electron chi connectivity index (χ1n) is 8.68. The maximum Gasteiger partial charge on any atom is 0.490 e. The van der Waals surface area contributed by atoms with Gasteiger partial charge in [0.1, 0.15) is 18.2 Å². The quantitative estimate of drug-likeness (QED) is 0.678. The Balaban J connectivity index is 0.000000396. The molecule has 1 aromatic heterocycles. The van der Waals surface area contributed by atoms with E-state index in [0.29, 0.717) is 10.8 Å². The normalized spacial score (nSPS) is 14.6. The molecule has 0 bridgehead atoms. The molecule has 30 heavy (non-hydrogen) atoms. The lowest BCUT2D eigenvalue weighted by Gasteiger charge is -2.21. The van der Waals surface area contributed by atoms with Crippen LogP contribution in [0.1, 0.15) is 30.1 Å². The van der Waals surface area contributed by atoms with Crippen molar-refractivity contribution in [2.75, 3.05) is 13.1 Å². The summed E-state index contributed by atoms with van der Waals surface area (Å²) in [6.07, 6.45) is -2.17. The number of rotatable bonds is 4. The van der Waals surface area contributed by atoms with Gasteiger partial charge in [-0.3, -0.25) is 0 Å². The number of piperidine rings is 1. The smallest absolute Gasteiger partial charge is 0.475 e. The topological polar surface area (TPSA) is 84.3 Å². The monoisotopic (exact) mass is 453 g/mol. The molecular weight excluding hydrogens is 437 g/mol. The number of carboxylic acids is 1. The second-order valence-electron chi connectivity index (χ2n) is 6.23. The maximum atomic E-state index is 13.8. The van der Waals surface area contributed by atoms with Gasteiger partial charge in [-0.15, -0.1) is 0 Å². The second kappa shape index (κ2) is 10.5. The zero-order valence-electron chi connectivity index (χ0n) is 15.3. The molecule has 1 aromatic carbocycles. The van der Waals surface area contributed by atoms with Crippen LogP contribution >= 0.6 is 11.6 Å². The molecule has 0 unspecified atom stereocenters. The van der Waals surface area contributed by atoms with Crippen molar-refractivity contribution in [1.29, 1.82) is 0 Å². The van der Waals surface area contributed by atoms with Crippen LogP contribution in [0, 0.1) is 11.6 Å². The fourth-order valence-electron chi connectivity index (χ4n) is 2.53. The Morgan fingerprint density at radius 1 is 1.23 bits per heavy atom. The molecule has 2 N–H and O–H groups in total. The standard InChI is InChI=1S/C16H16ClF2N3O.C2HF3O2/c17-12-2-1-11(13(18)7-12)9-23-16-14(19)8-21-15(22-16)10-3-5-20-6-4-10;3-2(4,5)1(6)7/h1-2,7-8,10,20H,3-6,9H2;(H,6,7). The third kappa shape index (κ3) is 7.06. The Morgan fingerprint density at radius 3 is 2.43 bits per heavy atom. The van der Waals surface area contributed by atoms with Crippen LogP contribution in [-0.2, 0) is 11.4 Å². The molecule has 164 valence electrons. The van der Waals surface area contributed by atoms with Crippen LogP contribution in [0.25, 0.3) is 0 Å². The molecule has 6 nitrogen and oxygen atoms in total. The fourth-order valence-corrected chi connectivity index (χ4v) is 2.69. The summed E-state index contributed by atoms with van der Waals surface area (Å²) in [4.78, 5) is 17.1. The van der Waals surface area contributed by atoms with Gasteiger partial charge in [-0.1, -0.05) is 17.7 Å². The highest BCUT2D eigenvalue weighted by Gasteiger charge is 2.38. The lowest BCUT2D eigenvalue weighted by Crippen LogP contribution is -2.27. The Hall–Kier alpha value is -2.53. The molecule has 1 saturated heterocycles. The van der Waals surface area contributed by atoms with Crippen molar-refractivity contribution < 1.29 is 36.6 Å². The zero-order valence-corrected chi connectivity index (χ0v) is 16.1. The van der Waals surface area contributed by atoms with Gasteiger partial charge in [0.25, 0.3) is 5.88 Å².